The third kappa shape index (κ3) is 5.09. The number of hydrogen-bond acceptors (Lipinski definition) is 2. The fourth-order valence-electron chi connectivity index (χ4n) is 1.96. The minimum atomic E-state index is 0.127. The summed E-state index contributed by atoms with van der Waals surface area (Å²) in [6.07, 6.45) is 3.65. The van der Waals surface area contributed by atoms with Gasteiger partial charge in [0.1, 0.15) is 0 Å². The quantitative estimate of drug-likeness (QED) is 0.599. The summed E-state index contributed by atoms with van der Waals surface area (Å²) in [4.78, 5) is 1.29. The number of aliphatic hydroxyl groups excluding tert-OH is 1. The first-order valence-electron chi connectivity index (χ1n) is 6.75. The summed E-state index contributed by atoms with van der Waals surface area (Å²) in [6, 6.07) is 18.8. The Kier molecular flexibility index (Phi) is 5.99. The van der Waals surface area contributed by atoms with E-state index in [1.807, 2.05) is 23.9 Å². The summed E-state index contributed by atoms with van der Waals surface area (Å²) in [7, 11) is 0. The minimum absolute atomic E-state index is 0.127. The summed E-state index contributed by atoms with van der Waals surface area (Å²) in [5, 5.41) is 8.98. The van der Waals surface area contributed by atoms with Crippen LogP contribution >= 0.6 is 11.8 Å². The molecule has 0 saturated carbocycles. The van der Waals surface area contributed by atoms with Crippen molar-refractivity contribution in [3.05, 3.63) is 65.7 Å². The van der Waals surface area contributed by atoms with Crippen LogP contribution < -0.4 is 0 Å². The third-order valence-corrected chi connectivity index (χ3v) is 4.18. The fourth-order valence-corrected chi connectivity index (χ4v) is 2.87. The lowest BCUT2D eigenvalue weighted by Crippen LogP contribution is -1.87. The van der Waals surface area contributed by atoms with Crippen LogP contribution in [0.15, 0.2) is 59.5 Å². The van der Waals surface area contributed by atoms with Gasteiger partial charge >= 0.3 is 0 Å². The Bertz CT molecular complexity index is 464. The maximum absolute atomic E-state index is 8.98. The predicted molar refractivity (Wildman–Crippen MR) is 82.5 cm³/mol. The highest BCUT2D eigenvalue weighted by atomic mass is 32.2. The van der Waals surface area contributed by atoms with Crippen LogP contribution in [-0.2, 0) is 13.0 Å². The molecule has 0 unspecified atom stereocenters. The molecule has 0 aliphatic carbocycles. The van der Waals surface area contributed by atoms with Crippen molar-refractivity contribution < 1.29 is 5.11 Å². The molecular formula is C17H20OS. The van der Waals surface area contributed by atoms with E-state index in [-0.39, 0.29) is 6.61 Å². The lowest BCUT2D eigenvalue weighted by atomic mass is 10.1. The molecule has 100 valence electrons. The van der Waals surface area contributed by atoms with Gasteiger partial charge in [-0.3, -0.25) is 0 Å². The van der Waals surface area contributed by atoms with E-state index < -0.39 is 0 Å². The van der Waals surface area contributed by atoms with Gasteiger partial charge < -0.3 is 5.11 Å². The zero-order valence-corrected chi connectivity index (χ0v) is 11.9. The average molecular weight is 272 g/mol. The molecule has 0 saturated heterocycles. The summed E-state index contributed by atoms with van der Waals surface area (Å²) >= 11 is 1.89. The number of thioether (sulfide) groups is 1. The van der Waals surface area contributed by atoms with Crippen molar-refractivity contribution in [2.75, 3.05) is 5.75 Å². The van der Waals surface area contributed by atoms with Gasteiger partial charge in [-0.05, 0) is 48.3 Å². The van der Waals surface area contributed by atoms with Crippen molar-refractivity contribution in [3.63, 3.8) is 0 Å². The molecule has 2 aromatic carbocycles. The average Bonchev–Trinajstić information content (AvgIpc) is 2.49. The monoisotopic (exact) mass is 272 g/mol. The van der Waals surface area contributed by atoms with Crippen LogP contribution in [0.2, 0.25) is 0 Å². The van der Waals surface area contributed by atoms with Gasteiger partial charge in [0.2, 0.25) is 0 Å². The maximum Gasteiger partial charge on any atom is 0.0681 e. The van der Waals surface area contributed by atoms with Gasteiger partial charge in [-0.1, -0.05) is 42.5 Å². The Morgan fingerprint density at radius 3 is 2.21 bits per heavy atom. The van der Waals surface area contributed by atoms with E-state index in [1.54, 1.807) is 0 Å². The van der Waals surface area contributed by atoms with Crippen molar-refractivity contribution >= 4 is 11.8 Å². The largest absolute Gasteiger partial charge is 0.392 e. The third-order valence-electron chi connectivity index (χ3n) is 3.08. The molecule has 0 heterocycles. The fraction of sp³-hybridized carbons (Fsp3) is 0.294. The molecule has 1 N–H and O–H groups in total. The summed E-state index contributed by atoms with van der Waals surface area (Å²) in [5.41, 5.74) is 2.41. The first-order valence-corrected chi connectivity index (χ1v) is 7.73. The molecule has 19 heavy (non-hydrogen) atoms. The van der Waals surface area contributed by atoms with Crippen LogP contribution in [-0.4, -0.2) is 10.9 Å². The van der Waals surface area contributed by atoms with Gasteiger partial charge in [0, 0.05) is 4.90 Å². The second-order valence-corrected chi connectivity index (χ2v) is 5.76. The number of aliphatic hydroxyl groups is 1. The molecule has 0 fully saturated rings. The summed E-state index contributed by atoms with van der Waals surface area (Å²) in [5.74, 6) is 1.16. The molecule has 0 amide bonds. The highest BCUT2D eigenvalue weighted by molar-refractivity contribution is 7.99. The molecule has 0 aliphatic rings. The van der Waals surface area contributed by atoms with E-state index in [4.69, 9.17) is 5.11 Å². The van der Waals surface area contributed by atoms with Crippen LogP contribution in [0.4, 0.5) is 0 Å². The Morgan fingerprint density at radius 2 is 1.53 bits per heavy atom. The number of unbranched alkanes of at least 4 members (excludes halogenated alkanes) is 1. The normalized spacial score (nSPS) is 10.6. The van der Waals surface area contributed by atoms with Gasteiger partial charge in [0.05, 0.1) is 6.61 Å². The number of benzene rings is 2. The Hall–Kier alpha value is -1.25. The number of hydrogen-bond donors (Lipinski definition) is 1. The smallest absolute Gasteiger partial charge is 0.0681 e. The predicted octanol–water partition coefficient (Wildman–Crippen LogP) is 4.29. The Morgan fingerprint density at radius 1 is 0.789 bits per heavy atom. The highest BCUT2D eigenvalue weighted by Gasteiger charge is 1.96. The molecule has 2 heteroatoms. The number of aryl methyl sites for hydroxylation is 1. The van der Waals surface area contributed by atoms with Crippen molar-refractivity contribution in [2.24, 2.45) is 0 Å². The highest BCUT2D eigenvalue weighted by Crippen LogP contribution is 2.20. The molecular weight excluding hydrogens is 252 g/mol. The van der Waals surface area contributed by atoms with Gasteiger partial charge in [-0.15, -0.1) is 11.8 Å². The zero-order chi connectivity index (χ0) is 13.3. The Labute approximate surface area is 119 Å². The molecule has 1 nitrogen and oxygen atoms in total. The molecule has 0 aromatic heterocycles. The van der Waals surface area contributed by atoms with E-state index in [2.05, 4.69) is 42.5 Å². The van der Waals surface area contributed by atoms with Crippen LogP contribution in [0.25, 0.3) is 0 Å². The second kappa shape index (κ2) is 8.03. The first-order chi connectivity index (χ1) is 9.38. The molecule has 0 bridgehead atoms. The van der Waals surface area contributed by atoms with Crippen LogP contribution in [0.3, 0.4) is 0 Å². The summed E-state index contributed by atoms with van der Waals surface area (Å²) in [6.45, 7) is 0.127. The van der Waals surface area contributed by atoms with Gasteiger partial charge in [-0.25, -0.2) is 0 Å². The van der Waals surface area contributed by atoms with E-state index in [1.165, 1.54) is 29.7 Å². The topological polar surface area (TPSA) is 20.2 Å². The van der Waals surface area contributed by atoms with Crippen molar-refractivity contribution in [2.45, 2.75) is 30.8 Å². The zero-order valence-electron chi connectivity index (χ0n) is 11.1. The van der Waals surface area contributed by atoms with Gasteiger partial charge in [-0.2, -0.15) is 0 Å². The van der Waals surface area contributed by atoms with Crippen LogP contribution in [0.5, 0.6) is 0 Å². The van der Waals surface area contributed by atoms with E-state index in [0.717, 1.165) is 11.3 Å². The standard InChI is InChI=1S/C17H20OS/c18-14-16-9-11-17(12-10-16)19-13-5-4-8-15-6-2-1-3-7-15/h1-3,6-7,9-12,18H,4-5,8,13-14H2. The van der Waals surface area contributed by atoms with Crippen molar-refractivity contribution in [3.8, 4) is 0 Å². The lowest BCUT2D eigenvalue weighted by molar-refractivity contribution is 0.282. The maximum atomic E-state index is 8.98. The van der Waals surface area contributed by atoms with Crippen LogP contribution in [0, 0.1) is 0 Å². The van der Waals surface area contributed by atoms with Gasteiger partial charge in [0.15, 0.2) is 0 Å². The minimum Gasteiger partial charge on any atom is -0.392 e. The first kappa shape index (κ1) is 14.2. The van der Waals surface area contributed by atoms with Crippen molar-refractivity contribution in [1.82, 2.24) is 0 Å². The SMILES string of the molecule is OCc1ccc(SCCCCc2ccccc2)cc1. The molecule has 0 spiro atoms. The Balaban J connectivity index is 1.63. The van der Waals surface area contributed by atoms with Gasteiger partial charge in [0.25, 0.3) is 0 Å². The molecule has 2 rings (SSSR count). The lowest BCUT2D eigenvalue weighted by Gasteiger charge is -2.03. The second-order valence-electron chi connectivity index (χ2n) is 4.59. The molecule has 0 aliphatic heterocycles. The van der Waals surface area contributed by atoms with Crippen LogP contribution in [0.1, 0.15) is 24.0 Å². The molecule has 2 aromatic rings. The van der Waals surface area contributed by atoms with E-state index >= 15 is 0 Å². The summed E-state index contributed by atoms with van der Waals surface area (Å²) < 4.78 is 0. The molecule has 0 atom stereocenters. The number of rotatable bonds is 7. The van der Waals surface area contributed by atoms with Crippen molar-refractivity contribution in [1.29, 1.82) is 0 Å². The molecule has 0 radical (unpaired) electrons. The van der Waals surface area contributed by atoms with E-state index in [0.29, 0.717) is 0 Å². The van der Waals surface area contributed by atoms with E-state index in [9.17, 15) is 0 Å².